The first-order valence-corrected chi connectivity index (χ1v) is 16.5. The van der Waals surface area contributed by atoms with Crippen molar-refractivity contribution in [3.05, 3.63) is 90.0 Å². The van der Waals surface area contributed by atoms with E-state index < -0.39 is 6.09 Å². The molecule has 2 aliphatic rings. The van der Waals surface area contributed by atoms with Crippen LogP contribution in [0.15, 0.2) is 78.9 Å². The van der Waals surface area contributed by atoms with E-state index >= 15 is 0 Å². The Labute approximate surface area is 273 Å². The number of carbonyl (C=O) groups is 3. The van der Waals surface area contributed by atoms with Crippen molar-refractivity contribution < 1.29 is 23.6 Å². The normalized spacial score (nSPS) is 15.8. The fourth-order valence-electron chi connectivity index (χ4n) is 6.23. The second kappa shape index (κ2) is 15.5. The SMILES string of the molecule is CN(CCN1CCC(OC(=O)Nc2ccccc2-c2ccccc2)CC1)CC[N+](C)(C)CCCCN1C(=O)c2ccccc2C1=O. The Hall–Kier alpha value is -4.05. The van der Waals surface area contributed by atoms with E-state index in [1.165, 1.54) is 4.90 Å². The van der Waals surface area contributed by atoms with Crippen molar-refractivity contribution in [2.75, 3.05) is 78.8 Å². The van der Waals surface area contributed by atoms with Gasteiger partial charge >= 0.3 is 6.09 Å². The molecule has 5 rings (SSSR count). The van der Waals surface area contributed by atoms with Crippen LogP contribution in [0.25, 0.3) is 11.1 Å². The average Bonchev–Trinajstić information content (AvgIpc) is 3.31. The van der Waals surface area contributed by atoms with E-state index in [0.717, 1.165) is 92.8 Å². The second-order valence-electron chi connectivity index (χ2n) is 13.2. The number of carbonyl (C=O) groups excluding carboxylic acids is 3. The van der Waals surface area contributed by atoms with Gasteiger partial charge < -0.3 is 14.1 Å². The highest BCUT2D eigenvalue weighted by Crippen LogP contribution is 2.28. The Morgan fingerprint density at radius 3 is 2.09 bits per heavy atom. The summed E-state index contributed by atoms with van der Waals surface area (Å²) in [4.78, 5) is 44.2. The Bertz CT molecular complexity index is 1450. The summed E-state index contributed by atoms with van der Waals surface area (Å²) in [5.74, 6) is -0.335. The maximum Gasteiger partial charge on any atom is 0.411 e. The number of para-hydroxylation sites is 1. The molecule has 1 N–H and O–H groups in total. The Balaban J connectivity index is 0.946. The van der Waals surface area contributed by atoms with Crippen LogP contribution >= 0.6 is 0 Å². The molecule has 0 aromatic heterocycles. The van der Waals surface area contributed by atoms with Crippen LogP contribution in [-0.4, -0.2) is 117 Å². The van der Waals surface area contributed by atoms with E-state index in [-0.39, 0.29) is 17.9 Å². The summed E-state index contributed by atoms with van der Waals surface area (Å²) in [5.41, 5.74) is 3.82. The Kier molecular flexibility index (Phi) is 11.2. The molecule has 244 valence electrons. The van der Waals surface area contributed by atoms with E-state index in [0.29, 0.717) is 17.7 Å². The summed E-state index contributed by atoms with van der Waals surface area (Å²) in [6, 6.07) is 24.9. The molecule has 2 aliphatic heterocycles. The van der Waals surface area contributed by atoms with Crippen molar-refractivity contribution in [3.8, 4) is 11.1 Å². The molecule has 1 saturated heterocycles. The highest BCUT2D eigenvalue weighted by Gasteiger charge is 2.34. The number of imide groups is 1. The molecule has 1 fully saturated rings. The molecule has 0 spiro atoms. The van der Waals surface area contributed by atoms with E-state index in [4.69, 9.17) is 4.74 Å². The minimum Gasteiger partial charge on any atom is -0.446 e. The molecule has 0 aliphatic carbocycles. The highest BCUT2D eigenvalue weighted by molar-refractivity contribution is 6.21. The minimum absolute atomic E-state index is 0.0759. The van der Waals surface area contributed by atoms with Crippen molar-refractivity contribution in [2.24, 2.45) is 0 Å². The predicted molar refractivity (Wildman–Crippen MR) is 182 cm³/mol. The zero-order chi connectivity index (χ0) is 32.5. The van der Waals surface area contributed by atoms with Gasteiger partial charge in [0, 0.05) is 44.8 Å². The highest BCUT2D eigenvalue weighted by atomic mass is 16.6. The molecule has 9 heteroatoms. The third-order valence-corrected chi connectivity index (χ3v) is 9.22. The number of likely N-dealkylation sites (tertiary alicyclic amines) is 1. The zero-order valence-corrected chi connectivity index (χ0v) is 27.5. The summed E-state index contributed by atoms with van der Waals surface area (Å²) in [6.45, 7) is 7.31. The van der Waals surface area contributed by atoms with Crippen LogP contribution in [0, 0.1) is 0 Å². The number of benzene rings is 3. The molecule has 3 amide bonds. The quantitative estimate of drug-likeness (QED) is 0.146. The molecule has 46 heavy (non-hydrogen) atoms. The van der Waals surface area contributed by atoms with Gasteiger partial charge in [-0.2, -0.15) is 0 Å². The molecule has 0 bridgehead atoms. The number of hydrogen-bond acceptors (Lipinski definition) is 6. The standard InChI is InChI=1S/C37H47N5O4/c1-39(26-28-42(2,3)27-12-11-21-41-35(43)32-16-7-8-17-33(32)36(41)44)24-25-40-22-19-30(20-23-40)46-37(45)38-34-18-10-9-15-31(34)29-13-5-4-6-14-29/h4-10,13-18,30H,11-12,19-28H2,1-3H3/p+1. The maximum absolute atomic E-state index is 12.7. The predicted octanol–water partition coefficient (Wildman–Crippen LogP) is 5.45. The summed E-state index contributed by atoms with van der Waals surface area (Å²) < 4.78 is 6.70. The van der Waals surface area contributed by atoms with Crippen molar-refractivity contribution in [1.82, 2.24) is 14.7 Å². The number of nitrogens with one attached hydrogen (secondary N) is 1. The first-order valence-electron chi connectivity index (χ1n) is 16.5. The van der Waals surface area contributed by atoms with Gasteiger partial charge in [0.15, 0.2) is 0 Å². The number of likely N-dealkylation sites (N-methyl/N-ethyl adjacent to an activating group) is 2. The molecule has 0 radical (unpaired) electrons. The van der Waals surface area contributed by atoms with Crippen LogP contribution in [0.2, 0.25) is 0 Å². The zero-order valence-electron chi connectivity index (χ0n) is 27.5. The molecule has 0 saturated carbocycles. The van der Waals surface area contributed by atoms with Gasteiger partial charge in [-0.05, 0) is 56.5 Å². The lowest BCUT2D eigenvalue weighted by atomic mass is 10.0. The Morgan fingerprint density at radius 1 is 0.804 bits per heavy atom. The second-order valence-corrected chi connectivity index (χ2v) is 13.2. The van der Waals surface area contributed by atoms with Crippen LogP contribution in [0.4, 0.5) is 10.5 Å². The third kappa shape index (κ3) is 8.81. The van der Waals surface area contributed by atoms with Crippen LogP contribution in [0.1, 0.15) is 46.4 Å². The number of fused-ring (bicyclic) bond motifs is 1. The Morgan fingerprint density at radius 2 is 1.41 bits per heavy atom. The largest absolute Gasteiger partial charge is 0.446 e. The van der Waals surface area contributed by atoms with E-state index in [1.807, 2.05) is 54.6 Å². The van der Waals surface area contributed by atoms with Gasteiger partial charge in [-0.15, -0.1) is 0 Å². The summed E-state index contributed by atoms with van der Waals surface area (Å²) in [5, 5.41) is 2.96. The van der Waals surface area contributed by atoms with Gasteiger partial charge in [0.1, 0.15) is 6.10 Å². The lowest BCUT2D eigenvalue weighted by molar-refractivity contribution is -0.890. The topological polar surface area (TPSA) is 82.2 Å². The minimum atomic E-state index is -0.397. The van der Waals surface area contributed by atoms with Gasteiger partial charge in [-0.1, -0.05) is 60.7 Å². The molecule has 3 aromatic rings. The summed E-state index contributed by atoms with van der Waals surface area (Å²) >= 11 is 0. The van der Waals surface area contributed by atoms with Crippen LogP contribution in [0.5, 0.6) is 0 Å². The lowest BCUT2D eigenvalue weighted by Crippen LogP contribution is -2.47. The summed E-state index contributed by atoms with van der Waals surface area (Å²) in [7, 11) is 6.67. The molecular formula is C37H48N5O4+. The van der Waals surface area contributed by atoms with Gasteiger partial charge in [-0.3, -0.25) is 24.7 Å². The van der Waals surface area contributed by atoms with E-state index in [9.17, 15) is 14.4 Å². The molecule has 3 aromatic carbocycles. The molecule has 0 unspecified atom stereocenters. The third-order valence-electron chi connectivity index (χ3n) is 9.22. The maximum atomic E-state index is 12.7. The van der Waals surface area contributed by atoms with Crippen molar-refractivity contribution in [2.45, 2.75) is 31.8 Å². The first kappa shape index (κ1) is 33.3. The van der Waals surface area contributed by atoms with Crippen LogP contribution < -0.4 is 5.32 Å². The first-order chi connectivity index (χ1) is 22.2. The number of quaternary nitrogens is 1. The fraction of sp³-hybridized carbons (Fsp3) is 0.432. The average molecular weight is 627 g/mol. The number of rotatable bonds is 14. The van der Waals surface area contributed by atoms with Gasteiger partial charge in [0.2, 0.25) is 0 Å². The monoisotopic (exact) mass is 626 g/mol. The number of amides is 3. The van der Waals surface area contributed by atoms with E-state index in [1.54, 1.807) is 24.3 Å². The van der Waals surface area contributed by atoms with E-state index in [2.05, 4.69) is 36.3 Å². The number of nitrogens with zero attached hydrogens (tertiary/aromatic N) is 4. The van der Waals surface area contributed by atoms with Crippen molar-refractivity contribution in [1.29, 1.82) is 0 Å². The van der Waals surface area contributed by atoms with Crippen LogP contribution in [-0.2, 0) is 4.74 Å². The van der Waals surface area contributed by atoms with Crippen molar-refractivity contribution >= 4 is 23.6 Å². The smallest absolute Gasteiger partial charge is 0.411 e. The fourth-order valence-corrected chi connectivity index (χ4v) is 6.23. The number of anilines is 1. The number of piperidine rings is 1. The van der Waals surface area contributed by atoms with Gasteiger partial charge in [-0.25, -0.2) is 4.79 Å². The number of hydrogen-bond donors (Lipinski definition) is 1. The van der Waals surface area contributed by atoms with Crippen LogP contribution in [0.3, 0.4) is 0 Å². The molecule has 9 nitrogen and oxygen atoms in total. The lowest BCUT2D eigenvalue weighted by Gasteiger charge is -2.34. The molecule has 2 heterocycles. The summed E-state index contributed by atoms with van der Waals surface area (Å²) in [6.07, 6.45) is 2.97. The van der Waals surface area contributed by atoms with Crippen molar-refractivity contribution in [3.63, 3.8) is 0 Å². The molecule has 0 atom stereocenters. The number of ether oxygens (including phenoxy) is 1. The molecular weight excluding hydrogens is 578 g/mol. The van der Waals surface area contributed by atoms with Gasteiger partial charge in [0.25, 0.3) is 11.8 Å². The number of unbranched alkanes of at least 4 members (excludes halogenated alkanes) is 1. The van der Waals surface area contributed by atoms with Gasteiger partial charge in [0.05, 0.1) is 44.0 Å².